The second-order valence-electron chi connectivity index (χ2n) is 8.63. The van der Waals surface area contributed by atoms with Crippen LogP contribution in [-0.4, -0.2) is 41.1 Å². The predicted octanol–water partition coefficient (Wildman–Crippen LogP) is 1.50. The van der Waals surface area contributed by atoms with E-state index in [1.807, 2.05) is 5.32 Å². The molecule has 174 valence electrons. The van der Waals surface area contributed by atoms with E-state index in [1.54, 1.807) is 27.7 Å². The van der Waals surface area contributed by atoms with Crippen molar-refractivity contribution in [2.75, 3.05) is 5.73 Å². The average Bonchev–Trinajstić information content (AvgIpc) is 3.04. The summed E-state index contributed by atoms with van der Waals surface area (Å²) < 4.78 is 55.4. The topological polar surface area (TPSA) is 122 Å². The van der Waals surface area contributed by atoms with Crippen LogP contribution in [0.5, 0.6) is 5.75 Å². The molecule has 1 aromatic heterocycles. The lowest BCUT2D eigenvalue weighted by Gasteiger charge is -2.32. The molecule has 0 bridgehead atoms. The standard InChI is InChI=1S/C20H19BF3N3O6/c1-18(2)19(3,4)33-21(32-18)11-6-5-9(31-20(22,23)24)7-12(11)27-13(28)8-10-14(15(27)25)17(30)26-16(10)29/h5-8H,25H2,1-4H3,(H,26,29,30). The van der Waals surface area contributed by atoms with E-state index in [9.17, 15) is 27.6 Å². The molecule has 2 aliphatic rings. The number of hydrogen-bond acceptors (Lipinski definition) is 7. The summed E-state index contributed by atoms with van der Waals surface area (Å²) >= 11 is 0. The van der Waals surface area contributed by atoms with Crippen molar-refractivity contribution < 1.29 is 36.8 Å². The van der Waals surface area contributed by atoms with Crippen molar-refractivity contribution in [2.45, 2.75) is 45.3 Å². The number of halogens is 3. The number of nitrogens with one attached hydrogen (secondary N) is 1. The van der Waals surface area contributed by atoms with Crippen molar-refractivity contribution in [3.63, 3.8) is 0 Å². The van der Waals surface area contributed by atoms with Crippen LogP contribution in [0.1, 0.15) is 48.4 Å². The summed E-state index contributed by atoms with van der Waals surface area (Å²) in [5, 5.41) is 2.03. The molecule has 4 rings (SSSR count). The van der Waals surface area contributed by atoms with E-state index < -0.39 is 53.6 Å². The zero-order valence-corrected chi connectivity index (χ0v) is 18.0. The van der Waals surface area contributed by atoms with Gasteiger partial charge in [-0.1, -0.05) is 6.07 Å². The number of nitrogen functional groups attached to an aromatic ring is 1. The lowest BCUT2D eigenvalue weighted by atomic mass is 9.77. The molecule has 2 aromatic rings. The van der Waals surface area contributed by atoms with Gasteiger partial charge in [-0.05, 0) is 33.8 Å². The normalized spacial score (nSPS) is 18.9. The van der Waals surface area contributed by atoms with Crippen LogP contribution in [0.15, 0.2) is 29.1 Å². The molecule has 9 nitrogen and oxygen atoms in total. The maximum atomic E-state index is 12.9. The van der Waals surface area contributed by atoms with E-state index in [1.165, 1.54) is 6.07 Å². The molecule has 13 heteroatoms. The smallest absolute Gasteiger partial charge is 0.406 e. The highest BCUT2D eigenvalue weighted by atomic mass is 19.4. The molecule has 0 spiro atoms. The fraction of sp³-hybridized carbons (Fsp3) is 0.350. The Bertz CT molecular complexity index is 1240. The lowest BCUT2D eigenvalue weighted by Crippen LogP contribution is -2.41. The molecule has 2 aliphatic heterocycles. The molecule has 33 heavy (non-hydrogen) atoms. The first-order valence-electron chi connectivity index (χ1n) is 9.78. The first-order valence-corrected chi connectivity index (χ1v) is 9.78. The largest absolute Gasteiger partial charge is 0.573 e. The highest BCUT2D eigenvalue weighted by Gasteiger charge is 2.52. The highest BCUT2D eigenvalue weighted by molar-refractivity contribution is 6.63. The molecule has 3 N–H and O–H groups in total. The van der Waals surface area contributed by atoms with E-state index in [0.717, 1.165) is 22.8 Å². The van der Waals surface area contributed by atoms with Gasteiger partial charge in [-0.3, -0.25) is 24.3 Å². The summed E-state index contributed by atoms with van der Waals surface area (Å²) in [7, 11) is -1.08. The van der Waals surface area contributed by atoms with E-state index in [-0.39, 0.29) is 22.3 Å². The van der Waals surface area contributed by atoms with Crippen molar-refractivity contribution in [3.8, 4) is 11.4 Å². The van der Waals surface area contributed by atoms with Gasteiger partial charge in [-0.25, -0.2) is 0 Å². The van der Waals surface area contributed by atoms with Crippen LogP contribution >= 0.6 is 0 Å². The van der Waals surface area contributed by atoms with Crippen molar-refractivity contribution in [1.29, 1.82) is 0 Å². The Balaban J connectivity index is 1.95. The van der Waals surface area contributed by atoms with Gasteiger partial charge in [-0.15, -0.1) is 13.2 Å². The number of imide groups is 1. The summed E-state index contributed by atoms with van der Waals surface area (Å²) in [4.78, 5) is 37.1. The van der Waals surface area contributed by atoms with Gasteiger partial charge in [-0.2, -0.15) is 0 Å². The molecule has 3 heterocycles. The third-order valence-corrected chi connectivity index (χ3v) is 5.94. The van der Waals surface area contributed by atoms with Gasteiger partial charge in [0, 0.05) is 17.6 Å². The van der Waals surface area contributed by atoms with Gasteiger partial charge in [0.1, 0.15) is 11.6 Å². The summed E-state index contributed by atoms with van der Waals surface area (Å²) in [6.07, 6.45) is -5.00. The summed E-state index contributed by atoms with van der Waals surface area (Å²) in [5.41, 5.74) is 3.16. The molecule has 0 unspecified atom stereocenters. The van der Waals surface area contributed by atoms with Crippen molar-refractivity contribution in [3.05, 3.63) is 45.7 Å². The molecule has 0 aliphatic carbocycles. The SMILES string of the molecule is CC1(C)OB(c2ccc(OC(F)(F)F)cc2-n2c(N)c3c(cc2=O)C(=O)NC3=O)OC1(C)C. The van der Waals surface area contributed by atoms with Crippen molar-refractivity contribution in [1.82, 2.24) is 9.88 Å². The molecule has 0 radical (unpaired) electrons. The minimum atomic E-state index is -5.00. The number of benzene rings is 1. The number of alkyl halides is 3. The lowest BCUT2D eigenvalue weighted by molar-refractivity contribution is -0.274. The van der Waals surface area contributed by atoms with Crippen molar-refractivity contribution >= 4 is 30.2 Å². The number of nitrogens with two attached hydrogens (primary N) is 1. The Morgan fingerprint density at radius 3 is 2.21 bits per heavy atom. The van der Waals surface area contributed by atoms with Gasteiger partial charge in [0.15, 0.2) is 0 Å². The molecule has 1 saturated heterocycles. The van der Waals surface area contributed by atoms with E-state index in [4.69, 9.17) is 15.0 Å². The maximum Gasteiger partial charge on any atom is 0.573 e. The Kier molecular flexibility index (Phi) is 4.91. The number of fused-ring (bicyclic) bond motifs is 1. The van der Waals surface area contributed by atoms with E-state index >= 15 is 0 Å². The quantitative estimate of drug-likeness (QED) is 0.521. The number of carbonyl (C=O) groups excluding carboxylic acids is 2. The number of hydrogen-bond donors (Lipinski definition) is 2. The molecule has 1 aromatic carbocycles. The number of aromatic nitrogens is 1. The van der Waals surface area contributed by atoms with Gasteiger partial charge in [0.25, 0.3) is 17.4 Å². The Hall–Kier alpha value is -3.32. The highest BCUT2D eigenvalue weighted by Crippen LogP contribution is 2.37. The monoisotopic (exact) mass is 465 g/mol. The molecular formula is C20H19BF3N3O6. The molecule has 0 atom stereocenters. The number of ether oxygens (including phenoxy) is 1. The van der Waals surface area contributed by atoms with E-state index in [2.05, 4.69) is 4.74 Å². The minimum absolute atomic E-state index is 0.160. The molecule has 1 fully saturated rings. The van der Waals surface area contributed by atoms with Crippen molar-refractivity contribution in [2.24, 2.45) is 0 Å². The minimum Gasteiger partial charge on any atom is -0.406 e. The van der Waals surface area contributed by atoms with Crippen LogP contribution in [0.2, 0.25) is 0 Å². The van der Waals surface area contributed by atoms with E-state index in [0.29, 0.717) is 0 Å². The van der Waals surface area contributed by atoms with Gasteiger partial charge in [0.05, 0.1) is 28.0 Å². The number of nitrogens with zero attached hydrogens (tertiary/aromatic N) is 1. The second kappa shape index (κ2) is 7.09. The molecule has 0 saturated carbocycles. The summed E-state index contributed by atoms with van der Waals surface area (Å²) in [6.45, 7) is 7.11. The summed E-state index contributed by atoms with van der Waals surface area (Å²) in [6, 6.07) is 4.12. The molecule has 2 amide bonds. The van der Waals surface area contributed by atoms with Gasteiger partial charge >= 0.3 is 13.5 Å². The predicted molar refractivity (Wildman–Crippen MR) is 111 cm³/mol. The zero-order chi connectivity index (χ0) is 24.5. The summed E-state index contributed by atoms with van der Waals surface area (Å²) in [5.74, 6) is -2.69. The maximum absolute atomic E-state index is 12.9. The van der Waals surface area contributed by atoms with Crippen LogP contribution in [0.25, 0.3) is 5.69 Å². The first kappa shape index (κ1) is 22.9. The number of anilines is 1. The van der Waals surface area contributed by atoms with Gasteiger partial charge in [0.2, 0.25) is 0 Å². The fourth-order valence-electron chi connectivity index (χ4n) is 3.61. The third-order valence-electron chi connectivity index (χ3n) is 5.94. The number of carbonyl (C=O) groups is 2. The zero-order valence-electron chi connectivity index (χ0n) is 18.0. The van der Waals surface area contributed by atoms with Crippen LogP contribution in [-0.2, 0) is 9.31 Å². The Morgan fingerprint density at radius 2 is 1.64 bits per heavy atom. The average molecular weight is 465 g/mol. The number of amides is 2. The second-order valence-corrected chi connectivity index (χ2v) is 8.63. The number of rotatable bonds is 3. The Morgan fingerprint density at radius 1 is 1.03 bits per heavy atom. The van der Waals surface area contributed by atoms with Gasteiger partial charge < -0.3 is 19.8 Å². The fourth-order valence-corrected chi connectivity index (χ4v) is 3.61. The molecular weight excluding hydrogens is 446 g/mol. The third kappa shape index (κ3) is 3.76. The van der Waals surface area contributed by atoms with Crippen LogP contribution in [0, 0.1) is 0 Å². The van der Waals surface area contributed by atoms with Crippen LogP contribution < -0.4 is 26.8 Å². The first-order chi connectivity index (χ1) is 15.1. The number of pyridine rings is 1. The van der Waals surface area contributed by atoms with Crippen LogP contribution in [0.3, 0.4) is 0 Å². The Labute approximate surface area is 185 Å². The van der Waals surface area contributed by atoms with Crippen LogP contribution in [0.4, 0.5) is 19.0 Å².